The summed E-state index contributed by atoms with van der Waals surface area (Å²) in [6.45, 7) is 8.84. The number of pyridine rings is 1. The molecule has 1 saturated heterocycles. The minimum atomic E-state index is 1.04. The van der Waals surface area contributed by atoms with Gasteiger partial charge >= 0.3 is 0 Å². The molecule has 0 saturated carbocycles. The molecule has 2 aromatic rings. The van der Waals surface area contributed by atoms with Gasteiger partial charge < -0.3 is 4.90 Å². The fourth-order valence-electron chi connectivity index (χ4n) is 3.22. The maximum atomic E-state index is 4.59. The normalized spacial score (nSPS) is 15.3. The van der Waals surface area contributed by atoms with E-state index in [-0.39, 0.29) is 0 Å². The van der Waals surface area contributed by atoms with Gasteiger partial charge in [0.1, 0.15) is 0 Å². The molecule has 0 amide bonds. The second-order valence-corrected chi connectivity index (χ2v) is 6.57. The SMILES string of the molecule is Cc1cnc(C=Cc2cccc(C)c2C)cc1N1CCCCC1. The van der Waals surface area contributed by atoms with E-state index in [1.54, 1.807) is 0 Å². The van der Waals surface area contributed by atoms with Gasteiger partial charge in [0.05, 0.1) is 5.69 Å². The molecule has 2 heterocycles. The van der Waals surface area contributed by atoms with Crippen LogP contribution in [0.2, 0.25) is 0 Å². The Morgan fingerprint density at radius 1 is 0.957 bits per heavy atom. The lowest BCUT2D eigenvalue weighted by Crippen LogP contribution is -2.30. The van der Waals surface area contributed by atoms with Crippen LogP contribution in [0.4, 0.5) is 5.69 Å². The van der Waals surface area contributed by atoms with E-state index in [0.29, 0.717) is 0 Å². The van der Waals surface area contributed by atoms with Crippen LogP contribution >= 0.6 is 0 Å². The maximum absolute atomic E-state index is 4.59. The Labute approximate surface area is 139 Å². The predicted molar refractivity (Wildman–Crippen MR) is 99.9 cm³/mol. The lowest BCUT2D eigenvalue weighted by molar-refractivity contribution is 0.577. The third kappa shape index (κ3) is 3.64. The summed E-state index contributed by atoms with van der Waals surface area (Å²) in [6, 6.07) is 8.68. The van der Waals surface area contributed by atoms with Crippen LogP contribution in [0, 0.1) is 20.8 Å². The first-order chi connectivity index (χ1) is 11.1. The Kier molecular flexibility index (Phi) is 4.80. The molecular weight excluding hydrogens is 280 g/mol. The smallest absolute Gasteiger partial charge is 0.0650 e. The quantitative estimate of drug-likeness (QED) is 0.778. The van der Waals surface area contributed by atoms with Crippen molar-refractivity contribution in [3.05, 3.63) is 58.4 Å². The van der Waals surface area contributed by atoms with Crippen molar-refractivity contribution in [3.63, 3.8) is 0 Å². The van der Waals surface area contributed by atoms with Crippen molar-refractivity contribution in [3.8, 4) is 0 Å². The lowest BCUT2D eigenvalue weighted by Gasteiger charge is -2.30. The summed E-state index contributed by atoms with van der Waals surface area (Å²) in [7, 11) is 0. The molecule has 1 aromatic carbocycles. The first kappa shape index (κ1) is 15.8. The van der Waals surface area contributed by atoms with Gasteiger partial charge in [-0.25, -0.2) is 0 Å². The van der Waals surface area contributed by atoms with Gasteiger partial charge in [0.25, 0.3) is 0 Å². The van der Waals surface area contributed by atoms with E-state index in [2.05, 4.69) is 67.1 Å². The van der Waals surface area contributed by atoms with Crippen LogP contribution in [0.15, 0.2) is 30.5 Å². The molecular formula is C21H26N2. The van der Waals surface area contributed by atoms with Crippen LogP contribution in [0.3, 0.4) is 0 Å². The first-order valence-electron chi connectivity index (χ1n) is 8.61. The molecule has 0 unspecified atom stereocenters. The van der Waals surface area contributed by atoms with Crippen LogP contribution in [-0.2, 0) is 0 Å². The fourth-order valence-corrected chi connectivity index (χ4v) is 3.22. The highest BCUT2D eigenvalue weighted by molar-refractivity contribution is 5.72. The van der Waals surface area contributed by atoms with Crippen molar-refractivity contribution in [1.29, 1.82) is 0 Å². The van der Waals surface area contributed by atoms with Gasteiger partial charge in [0.2, 0.25) is 0 Å². The number of aromatic nitrogens is 1. The van der Waals surface area contributed by atoms with Gasteiger partial charge in [-0.1, -0.05) is 24.3 Å². The van der Waals surface area contributed by atoms with Gasteiger partial charge in [0.15, 0.2) is 0 Å². The number of anilines is 1. The molecule has 0 N–H and O–H groups in total. The average Bonchev–Trinajstić information content (AvgIpc) is 2.58. The molecule has 0 spiro atoms. The van der Waals surface area contributed by atoms with Crippen molar-refractivity contribution in [2.45, 2.75) is 40.0 Å². The van der Waals surface area contributed by atoms with Crippen molar-refractivity contribution in [2.75, 3.05) is 18.0 Å². The molecule has 0 bridgehead atoms. The highest BCUT2D eigenvalue weighted by Gasteiger charge is 2.13. The zero-order valence-electron chi connectivity index (χ0n) is 14.5. The Balaban J connectivity index is 1.85. The van der Waals surface area contributed by atoms with Gasteiger partial charge in [-0.3, -0.25) is 4.98 Å². The molecule has 3 rings (SSSR count). The molecule has 1 aliphatic rings. The number of rotatable bonds is 3. The molecule has 0 atom stereocenters. The van der Waals surface area contributed by atoms with Gasteiger partial charge in [-0.05, 0) is 74.4 Å². The molecule has 23 heavy (non-hydrogen) atoms. The second-order valence-electron chi connectivity index (χ2n) is 6.57. The molecule has 120 valence electrons. The highest BCUT2D eigenvalue weighted by atomic mass is 15.1. The summed E-state index contributed by atoms with van der Waals surface area (Å²) in [5, 5.41) is 0. The summed E-state index contributed by atoms with van der Waals surface area (Å²) in [6.07, 6.45) is 10.3. The van der Waals surface area contributed by atoms with Crippen LogP contribution in [-0.4, -0.2) is 18.1 Å². The molecule has 2 nitrogen and oxygen atoms in total. The predicted octanol–water partition coefficient (Wildman–Crippen LogP) is 5.17. The Morgan fingerprint density at radius 2 is 1.74 bits per heavy atom. The Morgan fingerprint density at radius 3 is 2.52 bits per heavy atom. The third-order valence-electron chi connectivity index (χ3n) is 4.87. The van der Waals surface area contributed by atoms with Crippen molar-refractivity contribution in [1.82, 2.24) is 4.98 Å². The van der Waals surface area contributed by atoms with Crippen molar-refractivity contribution >= 4 is 17.8 Å². The van der Waals surface area contributed by atoms with Crippen LogP contribution in [0.1, 0.15) is 47.2 Å². The number of benzene rings is 1. The monoisotopic (exact) mass is 306 g/mol. The zero-order valence-corrected chi connectivity index (χ0v) is 14.5. The number of piperidine rings is 1. The van der Waals surface area contributed by atoms with E-state index in [1.807, 2.05) is 6.20 Å². The maximum Gasteiger partial charge on any atom is 0.0650 e. The van der Waals surface area contributed by atoms with E-state index in [9.17, 15) is 0 Å². The van der Waals surface area contributed by atoms with Gasteiger partial charge in [0, 0.05) is 25.0 Å². The number of aryl methyl sites for hydroxylation is 2. The Bertz CT molecular complexity index is 710. The van der Waals surface area contributed by atoms with Gasteiger partial charge in [-0.2, -0.15) is 0 Å². The highest BCUT2D eigenvalue weighted by Crippen LogP contribution is 2.25. The van der Waals surface area contributed by atoms with Crippen LogP contribution in [0.25, 0.3) is 12.2 Å². The average molecular weight is 306 g/mol. The molecule has 0 aliphatic carbocycles. The van der Waals surface area contributed by atoms with Crippen molar-refractivity contribution < 1.29 is 0 Å². The molecule has 1 aliphatic heterocycles. The fraction of sp³-hybridized carbons (Fsp3) is 0.381. The summed E-state index contributed by atoms with van der Waals surface area (Å²) in [4.78, 5) is 7.10. The van der Waals surface area contributed by atoms with Crippen molar-refractivity contribution in [2.24, 2.45) is 0 Å². The van der Waals surface area contributed by atoms with Gasteiger partial charge in [-0.15, -0.1) is 0 Å². The molecule has 0 radical (unpaired) electrons. The van der Waals surface area contributed by atoms with E-state index in [4.69, 9.17) is 0 Å². The van der Waals surface area contributed by atoms with E-state index in [0.717, 1.165) is 5.69 Å². The zero-order chi connectivity index (χ0) is 16.2. The summed E-state index contributed by atoms with van der Waals surface area (Å²) >= 11 is 0. The van der Waals surface area contributed by atoms with E-state index in [1.165, 1.54) is 60.3 Å². The summed E-state index contributed by atoms with van der Waals surface area (Å²) in [5.41, 5.74) is 7.60. The molecule has 1 fully saturated rings. The largest absolute Gasteiger partial charge is 0.371 e. The standard InChI is InChI=1S/C21H26N2/c1-16-8-7-9-19(18(16)3)10-11-20-14-21(17(2)15-22-20)23-12-5-4-6-13-23/h7-11,14-15H,4-6,12-13H2,1-3H3. The second kappa shape index (κ2) is 6.99. The van der Waals surface area contributed by atoms with Crippen LogP contribution < -0.4 is 4.90 Å². The number of nitrogens with zero attached hydrogens (tertiary/aromatic N) is 2. The third-order valence-corrected chi connectivity index (χ3v) is 4.87. The number of hydrogen-bond donors (Lipinski definition) is 0. The first-order valence-corrected chi connectivity index (χ1v) is 8.61. The molecule has 2 heteroatoms. The summed E-state index contributed by atoms with van der Waals surface area (Å²) in [5.74, 6) is 0. The minimum Gasteiger partial charge on any atom is -0.371 e. The lowest BCUT2D eigenvalue weighted by atomic mass is 10.0. The minimum absolute atomic E-state index is 1.04. The van der Waals surface area contributed by atoms with E-state index < -0.39 is 0 Å². The van der Waals surface area contributed by atoms with E-state index >= 15 is 0 Å². The summed E-state index contributed by atoms with van der Waals surface area (Å²) < 4.78 is 0. The molecule has 1 aromatic heterocycles. The topological polar surface area (TPSA) is 16.1 Å². The number of hydrogen-bond acceptors (Lipinski definition) is 2. The van der Waals surface area contributed by atoms with Crippen LogP contribution in [0.5, 0.6) is 0 Å². The Hall–Kier alpha value is -2.09.